The van der Waals surface area contributed by atoms with Gasteiger partial charge in [-0.2, -0.15) is 0 Å². The first-order valence-electron chi connectivity index (χ1n) is 12.8. The predicted octanol–water partition coefficient (Wildman–Crippen LogP) is 6.53. The average molecular weight is 557 g/mol. The van der Waals surface area contributed by atoms with Gasteiger partial charge in [-0.3, -0.25) is 14.8 Å². The van der Waals surface area contributed by atoms with Crippen molar-refractivity contribution in [3.8, 4) is 22.4 Å². The van der Waals surface area contributed by atoms with Gasteiger partial charge in [0.1, 0.15) is 22.9 Å². The first-order chi connectivity index (χ1) is 19.6. The molecule has 0 bridgehead atoms. The number of anilines is 1. The van der Waals surface area contributed by atoms with Crippen LogP contribution in [-0.2, 0) is 9.53 Å². The molecule has 0 fully saturated rings. The minimum atomic E-state index is -0.389. The molecule has 5 aromatic rings. The van der Waals surface area contributed by atoms with E-state index in [1.165, 1.54) is 24.7 Å². The van der Waals surface area contributed by atoms with Crippen molar-refractivity contribution in [2.24, 2.45) is 0 Å². The molecule has 2 amide bonds. The maximum atomic E-state index is 13.3. The van der Waals surface area contributed by atoms with E-state index in [2.05, 4.69) is 30.6 Å². The molecule has 212 valence electrons. The van der Waals surface area contributed by atoms with Crippen molar-refractivity contribution in [2.75, 3.05) is 12.4 Å². The number of aryl methyl sites for hydroxylation is 1. The van der Waals surface area contributed by atoms with E-state index < -0.39 is 0 Å². The summed E-state index contributed by atoms with van der Waals surface area (Å²) < 4.78 is 18.1. The van der Waals surface area contributed by atoms with Gasteiger partial charge in [-0.15, -0.1) is 0 Å². The summed E-state index contributed by atoms with van der Waals surface area (Å²) in [5.74, 6) is 0.164. The lowest BCUT2D eigenvalue weighted by atomic mass is 10.00. The van der Waals surface area contributed by atoms with Crippen LogP contribution >= 0.6 is 0 Å². The molecule has 0 spiro atoms. The van der Waals surface area contributed by atoms with E-state index in [9.17, 15) is 14.0 Å². The number of halogens is 1. The molecular weight excluding hydrogens is 523 g/mol. The first kappa shape index (κ1) is 30.4. The predicted molar refractivity (Wildman–Crippen MR) is 159 cm³/mol. The van der Waals surface area contributed by atoms with Gasteiger partial charge in [-0.25, -0.2) is 14.2 Å². The molecule has 5 rings (SSSR count). The molecule has 0 unspecified atom stereocenters. The standard InChI is InChI=1S/C19H13FN4O.C6H13NO2.C6H7N/c20-14-3-1-13(2-4-14)18-17(12-7-9-21-10-8-12)15-5-6-16(22-11-25)23-19(15)24-18;1-6(2,3)9-5(8)7-4;1-6-3-2-4-7-5-6/h1-11H,(H2,22,23,24,25);1-4H3,(H,7,8);2-5H,1H3. The molecule has 3 N–H and O–H groups in total. The summed E-state index contributed by atoms with van der Waals surface area (Å²) in [6.45, 7) is 7.49. The number of nitrogens with zero attached hydrogens (tertiary/aromatic N) is 3. The summed E-state index contributed by atoms with van der Waals surface area (Å²) in [5.41, 5.74) is 5.06. The number of hydrogen-bond donors (Lipinski definition) is 3. The monoisotopic (exact) mass is 556 g/mol. The minimum Gasteiger partial charge on any atom is -0.444 e. The van der Waals surface area contributed by atoms with Crippen molar-refractivity contribution in [3.63, 3.8) is 0 Å². The number of carbonyl (C=O) groups excluding carboxylic acids is 2. The maximum Gasteiger partial charge on any atom is 0.407 e. The van der Waals surface area contributed by atoms with Gasteiger partial charge in [-0.1, -0.05) is 6.07 Å². The fourth-order valence-corrected chi connectivity index (χ4v) is 3.64. The smallest absolute Gasteiger partial charge is 0.407 e. The van der Waals surface area contributed by atoms with Crippen molar-refractivity contribution < 1.29 is 18.7 Å². The Labute approximate surface area is 238 Å². The van der Waals surface area contributed by atoms with Gasteiger partial charge in [0.15, 0.2) is 0 Å². The highest BCUT2D eigenvalue weighted by molar-refractivity contribution is 6.03. The second kappa shape index (κ2) is 14.3. The molecule has 9 nitrogen and oxygen atoms in total. The Bertz CT molecular complexity index is 1550. The zero-order chi connectivity index (χ0) is 29.8. The Morgan fingerprint density at radius 3 is 2.17 bits per heavy atom. The highest BCUT2D eigenvalue weighted by Gasteiger charge is 2.16. The Morgan fingerprint density at radius 2 is 1.66 bits per heavy atom. The summed E-state index contributed by atoms with van der Waals surface area (Å²) in [6, 6.07) is 17.7. The number of H-pyrrole nitrogens is 1. The summed E-state index contributed by atoms with van der Waals surface area (Å²) in [7, 11) is 1.54. The highest BCUT2D eigenvalue weighted by Crippen LogP contribution is 2.37. The average Bonchev–Trinajstić information content (AvgIpc) is 3.33. The van der Waals surface area contributed by atoms with Crippen LogP contribution in [0.4, 0.5) is 15.0 Å². The van der Waals surface area contributed by atoms with Gasteiger partial charge in [-0.05, 0) is 99.0 Å². The summed E-state index contributed by atoms with van der Waals surface area (Å²) in [6.07, 6.45) is 7.24. The van der Waals surface area contributed by atoms with Crippen LogP contribution in [0.5, 0.6) is 0 Å². The van der Waals surface area contributed by atoms with E-state index in [4.69, 9.17) is 4.74 Å². The number of benzene rings is 1. The van der Waals surface area contributed by atoms with Crippen LogP contribution in [0.3, 0.4) is 0 Å². The minimum absolute atomic E-state index is 0.291. The van der Waals surface area contributed by atoms with Crippen LogP contribution < -0.4 is 10.6 Å². The Hall–Kier alpha value is -5.12. The van der Waals surface area contributed by atoms with Gasteiger partial charge in [0.25, 0.3) is 0 Å². The topological polar surface area (TPSA) is 122 Å². The van der Waals surface area contributed by atoms with Crippen LogP contribution in [0.2, 0.25) is 0 Å². The third kappa shape index (κ3) is 9.24. The lowest BCUT2D eigenvalue weighted by molar-refractivity contribution is -0.105. The van der Waals surface area contributed by atoms with E-state index >= 15 is 0 Å². The lowest BCUT2D eigenvalue weighted by Crippen LogP contribution is -2.30. The zero-order valence-electron chi connectivity index (χ0n) is 23.6. The first-order valence-corrected chi connectivity index (χ1v) is 12.8. The van der Waals surface area contributed by atoms with Gasteiger partial charge in [0.2, 0.25) is 6.41 Å². The molecule has 10 heteroatoms. The SMILES string of the molecule is CNC(=O)OC(C)(C)C.Cc1cccnc1.O=CNc1ccc2c(-c3ccncc3)c(-c3ccc(F)cc3)[nH]c2n1. The van der Waals surface area contributed by atoms with Crippen molar-refractivity contribution in [1.82, 2.24) is 25.3 Å². The number of rotatable bonds is 4. The van der Waals surface area contributed by atoms with Gasteiger partial charge >= 0.3 is 6.09 Å². The van der Waals surface area contributed by atoms with E-state index in [0.29, 0.717) is 17.9 Å². The molecular formula is C31H33FN6O3. The molecule has 0 aliphatic rings. The number of ether oxygens (including phenoxy) is 1. The van der Waals surface area contributed by atoms with Crippen LogP contribution in [0, 0.1) is 12.7 Å². The second-order valence-electron chi connectivity index (χ2n) is 9.75. The Morgan fingerprint density at radius 1 is 0.951 bits per heavy atom. The third-order valence-corrected chi connectivity index (χ3v) is 5.38. The number of aromatic nitrogens is 4. The lowest BCUT2D eigenvalue weighted by Gasteiger charge is -2.18. The summed E-state index contributed by atoms with van der Waals surface area (Å²) in [4.78, 5) is 36.8. The van der Waals surface area contributed by atoms with Gasteiger partial charge < -0.3 is 20.4 Å². The molecule has 0 saturated heterocycles. The van der Waals surface area contributed by atoms with Gasteiger partial charge in [0, 0.05) is 42.8 Å². The fourth-order valence-electron chi connectivity index (χ4n) is 3.64. The second-order valence-corrected chi connectivity index (χ2v) is 9.75. The number of fused-ring (bicyclic) bond motifs is 1. The van der Waals surface area contributed by atoms with Crippen molar-refractivity contribution >= 4 is 29.4 Å². The highest BCUT2D eigenvalue weighted by atomic mass is 19.1. The molecule has 0 saturated carbocycles. The van der Waals surface area contributed by atoms with Crippen LogP contribution in [0.15, 0.2) is 85.5 Å². The van der Waals surface area contributed by atoms with E-state index in [-0.39, 0.29) is 17.5 Å². The summed E-state index contributed by atoms with van der Waals surface area (Å²) in [5, 5.41) is 5.81. The fraction of sp³-hybridized carbons (Fsp3) is 0.194. The van der Waals surface area contributed by atoms with E-state index in [1.54, 1.807) is 36.8 Å². The molecule has 0 aliphatic carbocycles. The Kier molecular flexibility index (Phi) is 10.6. The molecule has 0 atom stereocenters. The molecule has 1 aromatic carbocycles. The van der Waals surface area contributed by atoms with E-state index in [0.717, 1.165) is 27.8 Å². The molecule has 0 radical (unpaired) electrons. The Balaban J connectivity index is 0.000000237. The number of amides is 2. The number of nitrogens with one attached hydrogen (secondary N) is 3. The molecule has 0 aliphatic heterocycles. The van der Waals surface area contributed by atoms with Gasteiger partial charge in [0.05, 0.1) is 5.69 Å². The van der Waals surface area contributed by atoms with Crippen LogP contribution in [-0.4, -0.2) is 45.1 Å². The molecule has 4 aromatic heterocycles. The van der Waals surface area contributed by atoms with E-state index in [1.807, 2.05) is 64.2 Å². The number of pyridine rings is 3. The number of alkyl carbamates (subject to hydrolysis) is 1. The molecule has 41 heavy (non-hydrogen) atoms. The van der Waals surface area contributed by atoms with Crippen LogP contribution in [0.25, 0.3) is 33.4 Å². The third-order valence-electron chi connectivity index (χ3n) is 5.38. The number of aromatic amines is 1. The maximum absolute atomic E-state index is 13.3. The molecule has 4 heterocycles. The number of hydrogen-bond acceptors (Lipinski definition) is 6. The van der Waals surface area contributed by atoms with Crippen molar-refractivity contribution in [3.05, 3.63) is 96.8 Å². The summed E-state index contributed by atoms with van der Waals surface area (Å²) >= 11 is 0. The van der Waals surface area contributed by atoms with Crippen molar-refractivity contribution in [2.45, 2.75) is 33.3 Å². The largest absolute Gasteiger partial charge is 0.444 e. The quantitative estimate of drug-likeness (QED) is 0.216. The number of carbonyl (C=O) groups is 2. The normalized spacial score (nSPS) is 10.4. The van der Waals surface area contributed by atoms with Crippen LogP contribution in [0.1, 0.15) is 26.3 Å². The zero-order valence-corrected chi connectivity index (χ0v) is 23.6. The van der Waals surface area contributed by atoms with Crippen molar-refractivity contribution in [1.29, 1.82) is 0 Å².